The summed E-state index contributed by atoms with van der Waals surface area (Å²) in [5.41, 5.74) is 2.32. The maximum atomic E-state index is 12.2. The van der Waals surface area contributed by atoms with Gasteiger partial charge in [0, 0.05) is 19.1 Å². The molecule has 1 aromatic carbocycles. The molecule has 1 N–H and O–H groups in total. The molecule has 2 heterocycles. The Kier molecular flexibility index (Phi) is 4.20. The van der Waals surface area contributed by atoms with Gasteiger partial charge in [-0.1, -0.05) is 12.1 Å². The Morgan fingerprint density at radius 3 is 2.59 bits per heavy atom. The first-order chi connectivity index (χ1) is 10.6. The average Bonchev–Trinajstić information content (AvgIpc) is 2.90. The predicted molar refractivity (Wildman–Crippen MR) is 80.9 cm³/mol. The highest BCUT2D eigenvalue weighted by atomic mass is 16.5. The van der Waals surface area contributed by atoms with Crippen LogP contribution in [0.3, 0.4) is 0 Å². The first kappa shape index (κ1) is 14.7. The number of nitrogens with zero attached hydrogens (tertiary/aromatic N) is 2. The van der Waals surface area contributed by atoms with Crippen LogP contribution in [0, 0.1) is 5.92 Å². The SMILES string of the molecule is O=C(O)Cc1ccc(N2N=C(C3CCOCC3)CC2=O)cc1. The minimum atomic E-state index is -0.871. The van der Waals surface area contributed by atoms with Crippen LogP contribution in [0.5, 0.6) is 0 Å². The molecule has 22 heavy (non-hydrogen) atoms. The molecule has 116 valence electrons. The Hall–Kier alpha value is -2.21. The van der Waals surface area contributed by atoms with Crippen molar-refractivity contribution < 1.29 is 19.4 Å². The summed E-state index contributed by atoms with van der Waals surface area (Å²) < 4.78 is 5.34. The monoisotopic (exact) mass is 302 g/mol. The number of hydrogen-bond donors (Lipinski definition) is 1. The highest BCUT2D eigenvalue weighted by Gasteiger charge is 2.30. The van der Waals surface area contributed by atoms with E-state index in [9.17, 15) is 9.59 Å². The predicted octanol–water partition coefficient (Wildman–Crippen LogP) is 1.83. The van der Waals surface area contributed by atoms with Gasteiger partial charge in [-0.25, -0.2) is 5.01 Å². The van der Waals surface area contributed by atoms with Crippen LogP contribution in [0.1, 0.15) is 24.8 Å². The zero-order valence-corrected chi connectivity index (χ0v) is 12.2. The van der Waals surface area contributed by atoms with Crippen LogP contribution < -0.4 is 5.01 Å². The lowest BCUT2D eigenvalue weighted by Crippen LogP contribution is -2.23. The number of aliphatic carboxylic acids is 1. The lowest BCUT2D eigenvalue weighted by molar-refractivity contribution is -0.136. The maximum absolute atomic E-state index is 12.2. The average molecular weight is 302 g/mol. The van der Waals surface area contributed by atoms with Gasteiger partial charge in [-0.2, -0.15) is 5.10 Å². The van der Waals surface area contributed by atoms with E-state index in [4.69, 9.17) is 9.84 Å². The first-order valence-electron chi connectivity index (χ1n) is 7.42. The standard InChI is InChI=1S/C16H18N2O4/c19-15-10-14(12-5-7-22-8-6-12)17-18(15)13-3-1-11(2-4-13)9-16(20)21/h1-4,12H,5-10H2,(H,20,21). The summed E-state index contributed by atoms with van der Waals surface area (Å²) in [6, 6.07) is 6.93. The second-order valence-corrected chi connectivity index (χ2v) is 5.60. The van der Waals surface area contributed by atoms with Gasteiger partial charge in [-0.05, 0) is 30.5 Å². The van der Waals surface area contributed by atoms with Gasteiger partial charge in [0.1, 0.15) is 0 Å². The number of anilines is 1. The molecule has 1 saturated heterocycles. The quantitative estimate of drug-likeness (QED) is 0.920. The zero-order valence-electron chi connectivity index (χ0n) is 12.2. The van der Waals surface area contributed by atoms with E-state index in [-0.39, 0.29) is 12.3 Å². The minimum absolute atomic E-state index is 0.0230. The van der Waals surface area contributed by atoms with Crippen molar-refractivity contribution in [3.05, 3.63) is 29.8 Å². The van der Waals surface area contributed by atoms with Crippen molar-refractivity contribution in [3.8, 4) is 0 Å². The van der Waals surface area contributed by atoms with Crippen molar-refractivity contribution in [3.63, 3.8) is 0 Å². The second kappa shape index (κ2) is 6.27. The summed E-state index contributed by atoms with van der Waals surface area (Å²) in [6.45, 7) is 1.45. The summed E-state index contributed by atoms with van der Waals surface area (Å²) in [7, 11) is 0. The largest absolute Gasteiger partial charge is 0.481 e. The number of ether oxygens (including phenoxy) is 1. The molecule has 0 bridgehead atoms. The Morgan fingerprint density at radius 2 is 1.95 bits per heavy atom. The normalized spacial score (nSPS) is 19.4. The molecule has 1 fully saturated rings. The van der Waals surface area contributed by atoms with E-state index < -0.39 is 5.97 Å². The van der Waals surface area contributed by atoms with E-state index in [1.165, 1.54) is 5.01 Å². The fourth-order valence-corrected chi connectivity index (χ4v) is 2.84. The van der Waals surface area contributed by atoms with Crippen molar-refractivity contribution in [1.82, 2.24) is 0 Å². The van der Waals surface area contributed by atoms with Gasteiger partial charge in [-0.15, -0.1) is 0 Å². The molecule has 0 atom stereocenters. The number of benzene rings is 1. The van der Waals surface area contributed by atoms with E-state index in [1.54, 1.807) is 24.3 Å². The van der Waals surface area contributed by atoms with Crippen LogP contribution in [-0.2, 0) is 20.7 Å². The molecule has 6 heteroatoms. The lowest BCUT2D eigenvalue weighted by Gasteiger charge is -2.21. The molecular weight excluding hydrogens is 284 g/mol. The van der Waals surface area contributed by atoms with Crippen molar-refractivity contribution >= 4 is 23.3 Å². The zero-order chi connectivity index (χ0) is 15.5. The molecule has 0 saturated carbocycles. The van der Waals surface area contributed by atoms with Crippen molar-refractivity contribution in [2.75, 3.05) is 18.2 Å². The van der Waals surface area contributed by atoms with Gasteiger partial charge in [0.05, 0.1) is 24.2 Å². The van der Waals surface area contributed by atoms with Gasteiger partial charge in [0.15, 0.2) is 0 Å². The van der Waals surface area contributed by atoms with Crippen molar-refractivity contribution in [2.45, 2.75) is 25.7 Å². The van der Waals surface area contributed by atoms with Crippen LogP contribution in [0.4, 0.5) is 5.69 Å². The van der Waals surface area contributed by atoms with Gasteiger partial charge in [-0.3, -0.25) is 9.59 Å². The Labute approximate surface area is 128 Å². The van der Waals surface area contributed by atoms with Crippen molar-refractivity contribution in [2.24, 2.45) is 11.0 Å². The third-order valence-electron chi connectivity index (χ3n) is 4.03. The number of carboxylic acid groups (broad SMARTS) is 1. The molecule has 0 aromatic heterocycles. The van der Waals surface area contributed by atoms with Crippen LogP contribution in [0.25, 0.3) is 0 Å². The van der Waals surface area contributed by atoms with E-state index in [2.05, 4.69) is 5.10 Å². The van der Waals surface area contributed by atoms with Crippen LogP contribution in [0.2, 0.25) is 0 Å². The van der Waals surface area contributed by atoms with Crippen molar-refractivity contribution in [1.29, 1.82) is 0 Å². The smallest absolute Gasteiger partial charge is 0.307 e. The summed E-state index contributed by atoms with van der Waals surface area (Å²) in [5.74, 6) is -0.578. The van der Waals surface area contributed by atoms with Crippen LogP contribution >= 0.6 is 0 Å². The third kappa shape index (κ3) is 3.17. The first-order valence-corrected chi connectivity index (χ1v) is 7.42. The molecule has 0 unspecified atom stereocenters. The number of carbonyl (C=O) groups is 2. The lowest BCUT2D eigenvalue weighted by atomic mass is 9.93. The van der Waals surface area contributed by atoms with E-state index >= 15 is 0 Å². The van der Waals surface area contributed by atoms with Gasteiger partial charge in [0.25, 0.3) is 5.91 Å². The Morgan fingerprint density at radius 1 is 1.27 bits per heavy atom. The number of carboxylic acids is 1. The summed E-state index contributed by atoms with van der Waals surface area (Å²) in [6.07, 6.45) is 2.17. The number of amides is 1. The fourth-order valence-electron chi connectivity index (χ4n) is 2.84. The summed E-state index contributed by atoms with van der Waals surface area (Å²) >= 11 is 0. The summed E-state index contributed by atoms with van der Waals surface area (Å²) in [4.78, 5) is 22.9. The van der Waals surface area contributed by atoms with Gasteiger partial charge in [0.2, 0.25) is 0 Å². The number of hydrazone groups is 1. The molecule has 3 rings (SSSR count). The number of carbonyl (C=O) groups excluding carboxylic acids is 1. The molecule has 6 nitrogen and oxygen atoms in total. The molecule has 1 aromatic rings. The minimum Gasteiger partial charge on any atom is -0.481 e. The number of rotatable bonds is 4. The molecule has 2 aliphatic rings. The van der Waals surface area contributed by atoms with Gasteiger partial charge >= 0.3 is 5.97 Å². The second-order valence-electron chi connectivity index (χ2n) is 5.60. The highest BCUT2D eigenvalue weighted by Crippen LogP contribution is 2.27. The Bertz CT molecular complexity index is 603. The molecular formula is C16H18N2O4. The van der Waals surface area contributed by atoms with Crippen LogP contribution in [0.15, 0.2) is 29.4 Å². The third-order valence-corrected chi connectivity index (χ3v) is 4.03. The topological polar surface area (TPSA) is 79.2 Å². The molecule has 0 spiro atoms. The summed E-state index contributed by atoms with van der Waals surface area (Å²) in [5, 5.41) is 14.7. The molecule has 0 radical (unpaired) electrons. The molecule has 2 aliphatic heterocycles. The van der Waals surface area contributed by atoms with E-state index in [0.717, 1.165) is 31.8 Å². The van der Waals surface area contributed by atoms with E-state index in [0.29, 0.717) is 23.6 Å². The highest BCUT2D eigenvalue weighted by molar-refractivity contribution is 6.13. The molecule has 1 amide bonds. The number of hydrogen-bond acceptors (Lipinski definition) is 4. The Balaban J connectivity index is 1.74. The molecule has 0 aliphatic carbocycles. The van der Waals surface area contributed by atoms with Gasteiger partial charge < -0.3 is 9.84 Å². The fraction of sp³-hybridized carbons (Fsp3) is 0.438. The van der Waals surface area contributed by atoms with E-state index in [1.807, 2.05) is 0 Å². The maximum Gasteiger partial charge on any atom is 0.307 e. The van der Waals surface area contributed by atoms with Crippen LogP contribution in [-0.4, -0.2) is 35.9 Å².